The van der Waals surface area contributed by atoms with Gasteiger partial charge in [-0.2, -0.15) is 0 Å². The summed E-state index contributed by atoms with van der Waals surface area (Å²) < 4.78 is 10.7. The van der Waals surface area contributed by atoms with Crippen LogP contribution in [0, 0.1) is 0 Å². The summed E-state index contributed by atoms with van der Waals surface area (Å²) in [6, 6.07) is 5.68. The first-order valence-electron chi connectivity index (χ1n) is 6.35. The molecule has 0 fully saturated rings. The summed E-state index contributed by atoms with van der Waals surface area (Å²) in [4.78, 5) is 0. The fourth-order valence-electron chi connectivity index (χ4n) is 1.96. The summed E-state index contributed by atoms with van der Waals surface area (Å²) in [5, 5.41) is 4.58. The number of methoxy groups -OCH3 is 2. The van der Waals surface area contributed by atoms with Crippen molar-refractivity contribution >= 4 is 23.2 Å². The fourth-order valence-corrected chi connectivity index (χ4v) is 2.36. The minimum Gasteiger partial charge on any atom is -0.354 e. The lowest BCUT2D eigenvalue weighted by atomic mass is 10.1. The van der Waals surface area contributed by atoms with E-state index in [9.17, 15) is 0 Å². The predicted molar refractivity (Wildman–Crippen MR) is 80.1 cm³/mol. The largest absolute Gasteiger partial charge is 0.354 e. The van der Waals surface area contributed by atoms with Gasteiger partial charge in [-0.15, -0.1) is 0 Å². The predicted octanol–water partition coefficient (Wildman–Crippen LogP) is 3.52. The molecule has 3 nitrogen and oxygen atoms in total. The molecule has 1 aromatic carbocycles. The van der Waals surface area contributed by atoms with E-state index in [1.165, 1.54) is 0 Å². The molecule has 1 rings (SSSR count). The highest BCUT2D eigenvalue weighted by atomic mass is 35.5. The van der Waals surface area contributed by atoms with E-state index in [1.54, 1.807) is 20.3 Å². The van der Waals surface area contributed by atoms with E-state index in [4.69, 9.17) is 32.7 Å². The fraction of sp³-hybridized carbons (Fsp3) is 0.571. The molecule has 19 heavy (non-hydrogen) atoms. The molecule has 0 aliphatic carbocycles. The third kappa shape index (κ3) is 4.93. The summed E-state index contributed by atoms with van der Waals surface area (Å²) >= 11 is 12.3. The van der Waals surface area contributed by atoms with E-state index >= 15 is 0 Å². The Morgan fingerprint density at radius 1 is 1.21 bits per heavy atom. The van der Waals surface area contributed by atoms with Crippen molar-refractivity contribution in [3.8, 4) is 0 Å². The Morgan fingerprint density at radius 3 is 2.47 bits per heavy atom. The van der Waals surface area contributed by atoms with Crippen LogP contribution in [-0.4, -0.2) is 33.1 Å². The van der Waals surface area contributed by atoms with Crippen LogP contribution in [-0.2, 0) is 15.9 Å². The molecule has 0 aliphatic heterocycles. The Hall–Kier alpha value is -0.320. The number of ether oxygens (including phenoxy) is 2. The lowest BCUT2D eigenvalue weighted by molar-refractivity contribution is -0.122. The number of rotatable bonds is 8. The molecule has 1 aromatic rings. The molecule has 0 heterocycles. The Kier molecular flexibility index (Phi) is 7.73. The van der Waals surface area contributed by atoms with Crippen LogP contribution in [0.1, 0.15) is 18.9 Å². The third-order valence-corrected chi connectivity index (χ3v) is 3.78. The van der Waals surface area contributed by atoms with Gasteiger partial charge in [0.1, 0.15) is 0 Å². The van der Waals surface area contributed by atoms with Gasteiger partial charge in [0.15, 0.2) is 6.29 Å². The first kappa shape index (κ1) is 16.7. The second kappa shape index (κ2) is 8.77. The minimum atomic E-state index is -0.318. The molecule has 0 amide bonds. The number of hydrogen-bond donors (Lipinski definition) is 1. The van der Waals surface area contributed by atoms with Gasteiger partial charge in [0, 0.05) is 14.2 Å². The van der Waals surface area contributed by atoms with Gasteiger partial charge >= 0.3 is 0 Å². The Balaban J connectivity index is 2.83. The maximum Gasteiger partial charge on any atom is 0.172 e. The normalized spacial score (nSPS) is 12.9. The number of halogens is 2. The molecule has 0 aliphatic rings. The zero-order valence-electron chi connectivity index (χ0n) is 11.6. The molecule has 108 valence electrons. The molecular weight excluding hydrogens is 285 g/mol. The number of benzene rings is 1. The van der Waals surface area contributed by atoms with Crippen LogP contribution < -0.4 is 5.32 Å². The van der Waals surface area contributed by atoms with Crippen LogP contribution >= 0.6 is 23.2 Å². The van der Waals surface area contributed by atoms with Gasteiger partial charge in [-0.25, -0.2) is 0 Å². The van der Waals surface area contributed by atoms with Crippen molar-refractivity contribution < 1.29 is 9.47 Å². The first-order chi connectivity index (χ1) is 9.13. The maximum absolute atomic E-state index is 6.22. The van der Waals surface area contributed by atoms with E-state index < -0.39 is 0 Å². The SMILES string of the molecule is CCCNC(Cc1cccc(Cl)c1Cl)C(OC)OC. The molecule has 0 bridgehead atoms. The van der Waals surface area contributed by atoms with Crippen LogP contribution in [0.4, 0.5) is 0 Å². The third-order valence-electron chi connectivity index (χ3n) is 2.92. The highest BCUT2D eigenvalue weighted by molar-refractivity contribution is 6.42. The Labute approximate surface area is 125 Å². The summed E-state index contributed by atoms with van der Waals surface area (Å²) in [7, 11) is 3.27. The van der Waals surface area contributed by atoms with Crippen LogP contribution in [0.2, 0.25) is 10.0 Å². The van der Waals surface area contributed by atoms with E-state index in [2.05, 4.69) is 12.2 Å². The second-order valence-corrected chi connectivity index (χ2v) is 5.10. The van der Waals surface area contributed by atoms with Crippen molar-refractivity contribution in [2.75, 3.05) is 20.8 Å². The van der Waals surface area contributed by atoms with Gasteiger partial charge in [0.05, 0.1) is 16.1 Å². The van der Waals surface area contributed by atoms with Crippen molar-refractivity contribution in [2.24, 2.45) is 0 Å². The minimum absolute atomic E-state index is 0.0333. The lowest BCUT2D eigenvalue weighted by Gasteiger charge is -2.26. The smallest absolute Gasteiger partial charge is 0.172 e. The van der Waals surface area contributed by atoms with Gasteiger partial charge < -0.3 is 14.8 Å². The second-order valence-electron chi connectivity index (χ2n) is 4.32. The lowest BCUT2D eigenvalue weighted by Crippen LogP contribution is -2.44. The van der Waals surface area contributed by atoms with Crippen molar-refractivity contribution in [3.63, 3.8) is 0 Å². The Bertz CT molecular complexity index is 384. The molecule has 0 radical (unpaired) electrons. The van der Waals surface area contributed by atoms with Crippen LogP contribution in [0.3, 0.4) is 0 Å². The van der Waals surface area contributed by atoms with Crippen molar-refractivity contribution in [2.45, 2.75) is 32.1 Å². The van der Waals surface area contributed by atoms with E-state index in [-0.39, 0.29) is 12.3 Å². The van der Waals surface area contributed by atoms with Gasteiger partial charge in [-0.3, -0.25) is 0 Å². The molecule has 1 atom stereocenters. The molecular formula is C14H21Cl2NO2. The summed E-state index contributed by atoms with van der Waals surface area (Å²) in [6.45, 7) is 3.01. The van der Waals surface area contributed by atoms with E-state index in [0.717, 1.165) is 18.5 Å². The van der Waals surface area contributed by atoms with Crippen molar-refractivity contribution in [3.05, 3.63) is 33.8 Å². The standard InChI is InChI=1S/C14H21Cl2NO2/c1-4-8-17-12(14(18-2)19-3)9-10-6-5-7-11(15)13(10)16/h5-7,12,14,17H,4,8-9H2,1-3H3. The number of hydrogen-bond acceptors (Lipinski definition) is 3. The Morgan fingerprint density at radius 2 is 1.89 bits per heavy atom. The van der Waals surface area contributed by atoms with Gasteiger partial charge in [0.2, 0.25) is 0 Å². The zero-order chi connectivity index (χ0) is 14.3. The van der Waals surface area contributed by atoms with Crippen LogP contribution in [0.25, 0.3) is 0 Å². The highest BCUT2D eigenvalue weighted by Crippen LogP contribution is 2.27. The average Bonchev–Trinajstić information content (AvgIpc) is 2.42. The summed E-state index contributed by atoms with van der Waals surface area (Å²) in [5.41, 5.74) is 0.988. The van der Waals surface area contributed by atoms with E-state index in [1.807, 2.05) is 12.1 Å². The maximum atomic E-state index is 6.22. The molecule has 1 unspecified atom stereocenters. The van der Waals surface area contributed by atoms with Crippen LogP contribution in [0.5, 0.6) is 0 Å². The average molecular weight is 306 g/mol. The van der Waals surface area contributed by atoms with Gasteiger partial charge in [0.25, 0.3) is 0 Å². The van der Waals surface area contributed by atoms with Crippen LogP contribution in [0.15, 0.2) is 18.2 Å². The van der Waals surface area contributed by atoms with Crippen molar-refractivity contribution in [1.82, 2.24) is 5.32 Å². The van der Waals surface area contributed by atoms with Crippen molar-refractivity contribution in [1.29, 1.82) is 0 Å². The summed E-state index contributed by atoms with van der Waals surface area (Å²) in [6.07, 6.45) is 1.42. The van der Waals surface area contributed by atoms with E-state index in [0.29, 0.717) is 16.5 Å². The molecule has 1 N–H and O–H groups in total. The van der Waals surface area contributed by atoms with Gasteiger partial charge in [-0.1, -0.05) is 42.3 Å². The highest BCUT2D eigenvalue weighted by Gasteiger charge is 2.22. The zero-order valence-corrected chi connectivity index (χ0v) is 13.1. The summed E-state index contributed by atoms with van der Waals surface area (Å²) in [5.74, 6) is 0. The topological polar surface area (TPSA) is 30.5 Å². The molecule has 0 aromatic heterocycles. The molecule has 0 spiro atoms. The molecule has 5 heteroatoms. The quantitative estimate of drug-likeness (QED) is 0.745. The van der Waals surface area contributed by atoms with Gasteiger partial charge in [-0.05, 0) is 31.0 Å². The monoisotopic (exact) mass is 305 g/mol. The number of nitrogens with one attached hydrogen (secondary N) is 1. The first-order valence-corrected chi connectivity index (χ1v) is 7.11. The molecule has 0 saturated heterocycles. The molecule has 0 saturated carbocycles.